The lowest BCUT2D eigenvalue weighted by atomic mass is 10.0. The topological polar surface area (TPSA) is 63.4 Å². The zero-order valence-electron chi connectivity index (χ0n) is 15.1. The van der Waals surface area contributed by atoms with E-state index in [0.29, 0.717) is 11.1 Å². The van der Waals surface area contributed by atoms with Crippen molar-refractivity contribution in [1.82, 2.24) is 4.90 Å². The first-order chi connectivity index (χ1) is 10.9. The summed E-state index contributed by atoms with van der Waals surface area (Å²) in [5.41, 5.74) is 3.94. The molecule has 0 atom stereocenters. The van der Waals surface area contributed by atoms with Crippen molar-refractivity contribution in [2.75, 3.05) is 0 Å². The molecule has 0 saturated carbocycles. The molecule has 0 radical (unpaired) electrons. The maximum atomic E-state index is 13.0. The molecule has 0 saturated heterocycles. The first-order valence-corrected chi connectivity index (χ1v) is 11.5. The van der Waals surface area contributed by atoms with Crippen LogP contribution < -0.4 is 0 Å². The van der Waals surface area contributed by atoms with Crippen LogP contribution in [-0.2, 0) is 4.79 Å². The second-order valence-corrected chi connectivity index (χ2v) is 13.1. The van der Waals surface area contributed by atoms with Gasteiger partial charge in [0.2, 0.25) is 5.78 Å². The number of rotatable bonds is 3. The molecule has 1 aliphatic heterocycles. The summed E-state index contributed by atoms with van der Waals surface area (Å²) in [6, 6.07) is 6.15. The monoisotopic (exact) mass is 344 g/mol. The number of benzene rings is 1. The molecule has 1 aromatic rings. The normalized spacial score (nSPS) is 17.4. The molecule has 0 bridgehead atoms. The van der Waals surface area contributed by atoms with Gasteiger partial charge in [-0.15, -0.1) is 0 Å². The summed E-state index contributed by atoms with van der Waals surface area (Å²) in [5, 5.41) is 10.8. The Balaban J connectivity index is 2.49. The molecule has 1 aromatic carbocycles. The lowest BCUT2D eigenvalue weighted by Crippen LogP contribution is -2.37. The van der Waals surface area contributed by atoms with Crippen LogP contribution in [0.3, 0.4) is 0 Å². The van der Waals surface area contributed by atoms with Crippen molar-refractivity contribution in [2.24, 2.45) is 0 Å². The Morgan fingerprint density at radius 1 is 1.12 bits per heavy atom. The molecule has 0 aromatic heterocycles. The number of hydrogen-bond acceptors (Lipinski definition) is 4. The zero-order chi connectivity index (χ0) is 18.3. The van der Waals surface area contributed by atoms with E-state index in [0.717, 1.165) is 5.70 Å². The fraction of sp³-hybridized carbons (Fsp3) is 0.389. The Kier molecular flexibility index (Phi) is 4.54. The molecule has 2 rings (SSSR count). The number of allylic oxidation sites excluding steroid dienone is 1. The van der Waals surface area contributed by atoms with Crippen LogP contribution in [0.2, 0.25) is 19.6 Å². The summed E-state index contributed by atoms with van der Waals surface area (Å²) < 4.78 is 0. The molecule has 0 aliphatic carbocycles. The van der Waals surface area contributed by atoms with Gasteiger partial charge in [0.25, 0.3) is 5.69 Å². The number of nitro benzene ring substituents is 1. The standard InChI is InChI=1S/C18H24N2O3Si/c1-18(2,3)19-11-15(17(21)16(19)12-24(4,5)6)13-7-9-14(10-8-13)20(22)23/h7-12H,1-6H3/b16-12+. The van der Waals surface area contributed by atoms with Crippen molar-refractivity contribution in [3.8, 4) is 0 Å². The first-order valence-electron chi connectivity index (χ1n) is 7.94. The van der Waals surface area contributed by atoms with Crippen molar-refractivity contribution in [3.05, 3.63) is 57.5 Å². The molecule has 1 heterocycles. The molecule has 128 valence electrons. The number of Topliss-reactive ketones (excluding diaryl/α,β-unsaturated/α-hetero) is 1. The van der Waals surface area contributed by atoms with Gasteiger partial charge in [-0.3, -0.25) is 14.9 Å². The minimum atomic E-state index is -1.59. The number of non-ortho nitro benzene ring substituents is 1. The number of nitro groups is 1. The van der Waals surface area contributed by atoms with E-state index in [1.54, 1.807) is 12.1 Å². The third kappa shape index (κ3) is 3.81. The highest BCUT2D eigenvalue weighted by molar-refractivity contribution is 6.81. The number of carbonyl (C=O) groups is 1. The Bertz CT molecular complexity index is 735. The number of nitrogens with zero attached hydrogens (tertiary/aromatic N) is 2. The minimum Gasteiger partial charge on any atom is -0.339 e. The van der Waals surface area contributed by atoms with E-state index in [4.69, 9.17) is 0 Å². The molecule has 0 spiro atoms. The van der Waals surface area contributed by atoms with Crippen LogP contribution in [0, 0.1) is 10.1 Å². The van der Waals surface area contributed by atoms with E-state index in [2.05, 4.69) is 46.1 Å². The van der Waals surface area contributed by atoms with Gasteiger partial charge >= 0.3 is 0 Å². The van der Waals surface area contributed by atoms with Gasteiger partial charge in [0.1, 0.15) is 0 Å². The smallest absolute Gasteiger partial charge is 0.269 e. The average Bonchev–Trinajstić information content (AvgIpc) is 2.74. The van der Waals surface area contributed by atoms with Gasteiger partial charge in [-0.05, 0) is 38.5 Å². The van der Waals surface area contributed by atoms with Crippen molar-refractivity contribution < 1.29 is 9.72 Å². The molecule has 0 unspecified atom stereocenters. The highest BCUT2D eigenvalue weighted by Crippen LogP contribution is 2.35. The third-order valence-corrected chi connectivity index (χ3v) is 4.82. The Morgan fingerprint density at radius 2 is 1.67 bits per heavy atom. The van der Waals surface area contributed by atoms with Crippen LogP contribution in [0.4, 0.5) is 5.69 Å². The van der Waals surface area contributed by atoms with Gasteiger partial charge in [0.15, 0.2) is 0 Å². The molecular formula is C18H24N2O3Si. The molecule has 6 heteroatoms. The van der Waals surface area contributed by atoms with Crippen molar-refractivity contribution in [2.45, 2.75) is 46.0 Å². The summed E-state index contributed by atoms with van der Waals surface area (Å²) in [6.45, 7) is 12.8. The summed E-state index contributed by atoms with van der Waals surface area (Å²) in [5.74, 6) is -0.0128. The van der Waals surface area contributed by atoms with Crippen molar-refractivity contribution in [1.29, 1.82) is 0 Å². The maximum Gasteiger partial charge on any atom is 0.269 e. The molecule has 0 amide bonds. The molecule has 24 heavy (non-hydrogen) atoms. The molecular weight excluding hydrogens is 320 g/mol. The van der Waals surface area contributed by atoms with E-state index in [-0.39, 0.29) is 17.0 Å². The van der Waals surface area contributed by atoms with Gasteiger partial charge in [0, 0.05) is 29.4 Å². The predicted octanol–water partition coefficient (Wildman–Crippen LogP) is 4.38. The summed E-state index contributed by atoms with van der Waals surface area (Å²) >= 11 is 0. The average molecular weight is 344 g/mol. The minimum absolute atomic E-state index is 0.0128. The molecule has 0 N–H and O–H groups in total. The van der Waals surface area contributed by atoms with Crippen molar-refractivity contribution in [3.63, 3.8) is 0 Å². The third-order valence-electron chi connectivity index (χ3n) is 3.68. The summed E-state index contributed by atoms with van der Waals surface area (Å²) in [4.78, 5) is 25.4. The Labute approximate surface area is 143 Å². The van der Waals surface area contributed by atoms with E-state index in [1.165, 1.54) is 12.1 Å². The van der Waals surface area contributed by atoms with Crippen LogP contribution in [0.5, 0.6) is 0 Å². The predicted molar refractivity (Wildman–Crippen MR) is 99.1 cm³/mol. The van der Waals surface area contributed by atoms with Gasteiger partial charge < -0.3 is 4.90 Å². The lowest BCUT2D eigenvalue weighted by Gasteiger charge is -2.33. The van der Waals surface area contributed by atoms with E-state index in [9.17, 15) is 14.9 Å². The summed E-state index contributed by atoms with van der Waals surface area (Å²) in [7, 11) is -1.59. The van der Waals surface area contributed by atoms with Crippen LogP contribution >= 0.6 is 0 Å². The van der Waals surface area contributed by atoms with Gasteiger partial charge in [-0.25, -0.2) is 0 Å². The second kappa shape index (κ2) is 6.01. The number of ketones is 1. The highest BCUT2D eigenvalue weighted by Gasteiger charge is 2.35. The van der Waals surface area contributed by atoms with Crippen LogP contribution in [0.15, 0.2) is 41.9 Å². The Hall–Kier alpha value is -2.21. The molecule has 5 nitrogen and oxygen atoms in total. The van der Waals surface area contributed by atoms with Crippen molar-refractivity contribution >= 4 is 25.1 Å². The molecule has 0 fully saturated rings. The van der Waals surface area contributed by atoms with E-state index in [1.807, 2.05) is 11.1 Å². The van der Waals surface area contributed by atoms with E-state index < -0.39 is 13.0 Å². The van der Waals surface area contributed by atoms with Crippen LogP contribution in [0.25, 0.3) is 5.57 Å². The van der Waals surface area contributed by atoms with Gasteiger partial charge in [-0.1, -0.05) is 25.3 Å². The van der Waals surface area contributed by atoms with Gasteiger partial charge in [0.05, 0.1) is 18.7 Å². The maximum absolute atomic E-state index is 13.0. The largest absolute Gasteiger partial charge is 0.339 e. The Morgan fingerprint density at radius 3 is 2.08 bits per heavy atom. The van der Waals surface area contributed by atoms with Crippen LogP contribution in [0.1, 0.15) is 26.3 Å². The summed E-state index contributed by atoms with van der Waals surface area (Å²) in [6.07, 6.45) is 1.87. The highest BCUT2D eigenvalue weighted by atomic mass is 28.3. The SMILES string of the molecule is CC(C)(C)N1C=C(c2ccc([N+](=O)[O-])cc2)C(=O)/C1=C\[Si](C)(C)C. The van der Waals surface area contributed by atoms with Crippen LogP contribution in [-0.4, -0.2) is 29.2 Å². The first kappa shape index (κ1) is 18.1. The van der Waals surface area contributed by atoms with E-state index >= 15 is 0 Å². The quantitative estimate of drug-likeness (QED) is 0.353. The fourth-order valence-corrected chi connectivity index (χ4v) is 3.66. The number of hydrogen-bond donors (Lipinski definition) is 0. The molecule has 1 aliphatic rings. The lowest BCUT2D eigenvalue weighted by molar-refractivity contribution is -0.384. The fourth-order valence-electron chi connectivity index (χ4n) is 2.57. The van der Waals surface area contributed by atoms with Gasteiger partial charge in [-0.2, -0.15) is 0 Å². The number of carbonyl (C=O) groups excluding carboxylic acids is 1. The zero-order valence-corrected chi connectivity index (χ0v) is 16.1. The second-order valence-electron chi connectivity index (χ2n) is 8.11.